The van der Waals surface area contributed by atoms with Crippen molar-refractivity contribution in [3.8, 4) is 0 Å². The van der Waals surface area contributed by atoms with E-state index < -0.39 is 147 Å². The summed E-state index contributed by atoms with van der Waals surface area (Å²) in [4.78, 5) is 0. The quantitative estimate of drug-likeness (QED) is 0.0478. The molecule has 0 aromatic heterocycles. The van der Waals surface area contributed by atoms with Gasteiger partial charge in [-0.1, -0.05) is 174 Å². The molecule has 616 valence electrons. The molecule has 0 spiro atoms. The van der Waals surface area contributed by atoms with Crippen molar-refractivity contribution in [2.75, 3.05) is 112 Å². The van der Waals surface area contributed by atoms with E-state index in [1.54, 1.807) is 0 Å². The fourth-order valence-electron chi connectivity index (χ4n) is 13.4. The lowest BCUT2D eigenvalue weighted by atomic mass is 9.89. The minimum absolute atomic E-state index is 0.0779. The maximum atomic E-state index is 13.3. The second-order valence-corrected chi connectivity index (χ2v) is 29.3. The second-order valence-electron chi connectivity index (χ2n) is 29.3. The van der Waals surface area contributed by atoms with Crippen molar-refractivity contribution >= 4 is 0 Å². The van der Waals surface area contributed by atoms with Gasteiger partial charge in [-0.05, 0) is 77.0 Å². The maximum absolute atomic E-state index is 13.3. The minimum atomic E-state index is -1.56. The molecule has 10 unspecified atom stereocenters. The Morgan fingerprint density at radius 2 is 0.481 bits per heavy atom. The van der Waals surface area contributed by atoms with Gasteiger partial charge in [-0.3, -0.25) is 0 Å². The Balaban J connectivity index is 1.68. The predicted molar refractivity (Wildman–Crippen MR) is 397 cm³/mol. The Kier molecular flexibility index (Phi) is 50.7. The Bertz CT molecular complexity index is 2030. The molecule has 0 radical (unpaired) electrons. The lowest BCUT2D eigenvalue weighted by Gasteiger charge is -2.52. The summed E-state index contributed by atoms with van der Waals surface area (Å²) in [6, 6.07) is 0. The third-order valence-electron chi connectivity index (χ3n) is 20.2. The Labute approximate surface area is 628 Å². The number of rotatable bonds is 61. The molecule has 0 aliphatic carbocycles. The molecule has 5 aliphatic heterocycles. The first-order valence-electron chi connectivity index (χ1n) is 41.9. The smallest absolute Gasteiger partial charge is 0.187 e. The molecule has 5 aliphatic rings. The molecule has 104 heavy (non-hydrogen) atoms. The van der Waals surface area contributed by atoms with Crippen LogP contribution in [-0.2, 0) is 99.5 Å². The summed E-state index contributed by atoms with van der Waals surface area (Å²) in [7, 11) is 0. The van der Waals surface area contributed by atoms with Gasteiger partial charge in [-0.2, -0.15) is 0 Å². The number of hydrogen-bond acceptors (Lipinski definition) is 24. The van der Waals surface area contributed by atoms with Crippen molar-refractivity contribution in [3.05, 3.63) is 0 Å². The van der Waals surface area contributed by atoms with Gasteiger partial charge in [0.05, 0.1) is 45.2 Å². The molecule has 5 saturated heterocycles. The summed E-state index contributed by atoms with van der Waals surface area (Å²) in [6.07, 6.45) is -2.08. The van der Waals surface area contributed by atoms with Gasteiger partial charge in [-0.25, -0.2) is 0 Å². The Hall–Kier alpha value is -0.960. The van der Waals surface area contributed by atoms with Gasteiger partial charge in [0.25, 0.3) is 0 Å². The van der Waals surface area contributed by atoms with Crippen LogP contribution < -0.4 is 0 Å². The third-order valence-corrected chi connectivity index (χ3v) is 20.2. The lowest BCUT2D eigenvalue weighted by molar-refractivity contribution is -0.394. The molecular formula is C80H152O24. The van der Waals surface area contributed by atoms with Crippen LogP contribution in [0.2, 0.25) is 0 Å². The van der Waals surface area contributed by atoms with E-state index in [0.29, 0.717) is 79.1 Å². The number of aliphatic hydroxyl groups is 3. The number of ether oxygens (including phenoxy) is 21. The van der Waals surface area contributed by atoms with E-state index in [9.17, 15) is 15.3 Å². The highest BCUT2D eigenvalue weighted by molar-refractivity contribution is 5.00. The monoisotopic (exact) mass is 1500 g/mol. The van der Waals surface area contributed by atoms with Crippen LogP contribution in [0.4, 0.5) is 0 Å². The van der Waals surface area contributed by atoms with E-state index in [0.717, 1.165) is 148 Å². The molecule has 0 amide bonds. The first-order chi connectivity index (χ1) is 50.8. The van der Waals surface area contributed by atoms with Crippen LogP contribution in [0.15, 0.2) is 0 Å². The lowest BCUT2D eigenvalue weighted by Crippen LogP contribution is -2.68. The zero-order valence-corrected chi connectivity index (χ0v) is 67.3. The fourth-order valence-corrected chi connectivity index (χ4v) is 13.4. The molecule has 5 heterocycles. The van der Waals surface area contributed by atoms with Gasteiger partial charge in [0.2, 0.25) is 0 Å². The van der Waals surface area contributed by atoms with Crippen molar-refractivity contribution in [2.24, 2.45) is 11.8 Å². The van der Waals surface area contributed by atoms with Gasteiger partial charge in [0.15, 0.2) is 31.5 Å². The summed E-state index contributed by atoms with van der Waals surface area (Å²) in [5, 5.41) is 38.6. The average Bonchev–Trinajstić information content (AvgIpc) is 0.770. The summed E-state index contributed by atoms with van der Waals surface area (Å²) < 4.78 is 144. The molecule has 24 nitrogen and oxygen atoms in total. The molecule has 25 atom stereocenters. The first-order valence-corrected chi connectivity index (χ1v) is 41.9. The molecule has 3 N–H and O–H groups in total. The highest BCUT2D eigenvalue weighted by Gasteiger charge is 2.58. The zero-order valence-electron chi connectivity index (χ0n) is 67.3. The van der Waals surface area contributed by atoms with Crippen LogP contribution in [0.5, 0.6) is 0 Å². The molecule has 0 saturated carbocycles. The van der Waals surface area contributed by atoms with Crippen molar-refractivity contribution in [1.29, 1.82) is 0 Å². The predicted octanol–water partition coefficient (Wildman–Crippen LogP) is 12.5. The van der Waals surface area contributed by atoms with Crippen LogP contribution in [0.25, 0.3) is 0 Å². The fraction of sp³-hybridized carbons (Fsp3) is 1.00. The molecule has 0 bridgehead atoms. The zero-order chi connectivity index (χ0) is 75.3. The van der Waals surface area contributed by atoms with Crippen LogP contribution in [-0.4, -0.2) is 269 Å². The molecule has 0 aromatic carbocycles. The average molecular weight is 1500 g/mol. The first kappa shape index (κ1) is 93.6. The highest BCUT2D eigenvalue weighted by Crippen LogP contribution is 2.41. The van der Waals surface area contributed by atoms with Gasteiger partial charge in [0, 0.05) is 91.1 Å². The van der Waals surface area contributed by atoms with Crippen molar-refractivity contribution in [2.45, 2.75) is 392 Å². The molecule has 5 fully saturated rings. The van der Waals surface area contributed by atoms with E-state index in [-0.39, 0.29) is 45.6 Å². The van der Waals surface area contributed by atoms with E-state index in [2.05, 4.69) is 96.9 Å². The number of unbranched alkanes of at least 4 members (excludes halogenated alkanes) is 12. The van der Waals surface area contributed by atoms with Crippen LogP contribution in [0.1, 0.15) is 251 Å². The van der Waals surface area contributed by atoms with Crippen LogP contribution >= 0.6 is 0 Å². The minimum Gasteiger partial charge on any atom is -0.387 e. The molecule has 5 rings (SSSR count). The summed E-state index contributed by atoms with van der Waals surface area (Å²) in [5.41, 5.74) is 0. The van der Waals surface area contributed by atoms with E-state index in [1.165, 1.54) is 0 Å². The van der Waals surface area contributed by atoms with Gasteiger partial charge < -0.3 is 115 Å². The maximum Gasteiger partial charge on any atom is 0.187 e. The van der Waals surface area contributed by atoms with Crippen molar-refractivity contribution in [1.82, 2.24) is 0 Å². The van der Waals surface area contributed by atoms with E-state index in [4.69, 9.17) is 99.5 Å². The van der Waals surface area contributed by atoms with E-state index in [1.807, 2.05) is 0 Å². The topological polar surface area (TPSA) is 255 Å². The Morgan fingerprint density at radius 1 is 0.212 bits per heavy atom. The van der Waals surface area contributed by atoms with Crippen molar-refractivity contribution < 1.29 is 115 Å². The molecule has 0 aromatic rings. The van der Waals surface area contributed by atoms with Gasteiger partial charge >= 0.3 is 0 Å². The van der Waals surface area contributed by atoms with Crippen molar-refractivity contribution in [3.63, 3.8) is 0 Å². The number of hydrogen-bond donors (Lipinski definition) is 3. The summed E-state index contributed by atoms with van der Waals surface area (Å²) in [6.45, 7) is 35.0. The highest BCUT2D eigenvalue weighted by atomic mass is 16.8. The van der Waals surface area contributed by atoms with Crippen LogP contribution in [0, 0.1) is 11.8 Å². The van der Waals surface area contributed by atoms with Gasteiger partial charge in [0.1, 0.15) is 97.7 Å². The number of aliphatic hydroxyl groups excluding tert-OH is 3. The SMILES string of the molecule is CCCCOCC1O[C@H](OCC2O[C@@H](O[C@@H]3C(COCCCC)O[C@@H](O[C@@H]4C(COCCCC)O[C@@H](OCCCC)[C@@H](C)C4OCCCC)[C@@H](C)C3OCCCC)[C@H](OCCCC)C(O[C@@H]3OC(COCCCC)[C@H](OCCCC)C(OCCCC)[C@@H]3O)[C@@H]2O)[C@H](O)C(OCCCC)[C@@H]1OCCCC. The normalized spacial score (nSPS) is 34.2. The molecular weight excluding hydrogens is 1340 g/mol. The largest absolute Gasteiger partial charge is 0.387 e. The second kappa shape index (κ2) is 56.3. The summed E-state index contributed by atoms with van der Waals surface area (Å²) >= 11 is 0. The Morgan fingerprint density at radius 3 is 0.875 bits per heavy atom. The summed E-state index contributed by atoms with van der Waals surface area (Å²) in [5.74, 6) is -0.733. The van der Waals surface area contributed by atoms with E-state index >= 15 is 0 Å². The standard InChI is InChI=1S/C80H152O24/c1-15-27-39-84-51-59-68(90-45-33-21-7)72(92-47-35-23-9)64(82)78(100-59)96-55-58-63(81)74(104-79-65(83)73(93-48-36-24-10)69(91-46-34-22-8)60(101-79)52-85-40-28-16-2)75(94-49-37-25-11)80(97-58)103-71-62(54-87-42-30-18-4)99-77(57(14)67(71)89-44-32-20-6)102-70-61(53-86-41-29-17-3)98-76(95-50-38-26-12)56(13)66(70)88-43-31-19-5/h56-83H,15-55H2,1-14H3/t56-,57-,58?,59?,60?,61?,62?,63+,64+,65-,66?,67?,68+,69-,70+,71+,72?,73?,74?,75+,76+,77-,78-,79-,80-/m0/s1. The van der Waals surface area contributed by atoms with Gasteiger partial charge in [-0.15, -0.1) is 0 Å². The third kappa shape index (κ3) is 31.2. The van der Waals surface area contributed by atoms with Crippen LogP contribution in [0.3, 0.4) is 0 Å². The molecule has 24 heteroatoms.